The van der Waals surface area contributed by atoms with Gasteiger partial charge in [0.15, 0.2) is 0 Å². The van der Waals surface area contributed by atoms with E-state index < -0.39 is 0 Å². The summed E-state index contributed by atoms with van der Waals surface area (Å²) in [6, 6.07) is 8.44. The lowest BCUT2D eigenvalue weighted by Gasteiger charge is -2.13. The Bertz CT molecular complexity index is 458. The van der Waals surface area contributed by atoms with Gasteiger partial charge in [0, 0.05) is 22.0 Å². The Morgan fingerprint density at radius 3 is 2.67 bits per heavy atom. The van der Waals surface area contributed by atoms with Crippen LogP contribution in [-0.4, -0.2) is 6.54 Å². The molecule has 1 aromatic carbocycles. The molecule has 0 fully saturated rings. The van der Waals surface area contributed by atoms with Crippen molar-refractivity contribution in [2.75, 3.05) is 6.54 Å². The molecular weight excluding hydrogens is 238 g/mol. The third kappa shape index (κ3) is 4.11. The van der Waals surface area contributed by atoms with Crippen LogP contribution < -0.4 is 5.32 Å². The van der Waals surface area contributed by atoms with Crippen LogP contribution in [0.2, 0.25) is 0 Å². The molecule has 96 valence electrons. The first-order chi connectivity index (χ1) is 8.72. The van der Waals surface area contributed by atoms with E-state index in [2.05, 4.69) is 63.0 Å². The van der Waals surface area contributed by atoms with E-state index in [1.807, 2.05) is 12.2 Å². The van der Waals surface area contributed by atoms with Crippen molar-refractivity contribution in [2.24, 2.45) is 0 Å². The van der Waals surface area contributed by atoms with Crippen LogP contribution in [0.5, 0.6) is 0 Å². The topological polar surface area (TPSA) is 12.0 Å². The van der Waals surface area contributed by atoms with Crippen LogP contribution in [-0.2, 0) is 0 Å². The summed E-state index contributed by atoms with van der Waals surface area (Å²) in [6.07, 6.45) is 5.97. The molecule has 0 aromatic heterocycles. The summed E-state index contributed by atoms with van der Waals surface area (Å²) in [5.74, 6) is 0. The molecule has 0 heterocycles. The van der Waals surface area contributed by atoms with Crippen molar-refractivity contribution in [1.82, 2.24) is 5.32 Å². The molecule has 1 rings (SSSR count). The molecule has 0 radical (unpaired) electrons. The molecule has 0 bridgehead atoms. The zero-order valence-corrected chi connectivity index (χ0v) is 12.2. The van der Waals surface area contributed by atoms with Crippen LogP contribution in [0, 0.1) is 6.92 Å². The quantitative estimate of drug-likeness (QED) is 0.588. The SMILES string of the molecule is C=C/C=C(NCC)\C(=C/C)Sc1ccccc1C. The fraction of sp³-hybridized carbons (Fsp3) is 0.250. The van der Waals surface area contributed by atoms with Gasteiger partial charge in [-0.3, -0.25) is 0 Å². The highest BCUT2D eigenvalue weighted by molar-refractivity contribution is 8.03. The molecule has 1 aromatic rings. The van der Waals surface area contributed by atoms with Crippen molar-refractivity contribution in [3.8, 4) is 0 Å². The Kier molecular flexibility index (Phi) is 6.37. The fourth-order valence-corrected chi connectivity index (χ4v) is 2.58. The van der Waals surface area contributed by atoms with E-state index in [4.69, 9.17) is 0 Å². The van der Waals surface area contributed by atoms with Crippen LogP contribution >= 0.6 is 11.8 Å². The molecule has 0 aliphatic rings. The minimum absolute atomic E-state index is 0.908. The van der Waals surface area contributed by atoms with Crippen molar-refractivity contribution >= 4 is 11.8 Å². The Balaban J connectivity index is 2.95. The molecule has 0 aliphatic heterocycles. The van der Waals surface area contributed by atoms with Crippen LogP contribution in [0.1, 0.15) is 19.4 Å². The average molecular weight is 259 g/mol. The maximum atomic E-state index is 3.77. The number of rotatable bonds is 6. The van der Waals surface area contributed by atoms with Gasteiger partial charge in [-0.1, -0.05) is 48.7 Å². The maximum absolute atomic E-state index is 3.77. The minimum Gasteiger partial charge on any atom is -0.384 e. The Morgan fingerprint density at radius 1 is 1.39 bits per heavy atom. The second-order valence-electron chi connectivity index (χ2n) is 3.87. The van der Waals surface area contributed by atoms with E-state index >= 15 is 0 Å². The number of hydrogen-bond acceptors (Lipinski definition) is 2. The summed E-state index contributed by atoms with van der Waals surface area (Å²) in [5.41, 5.74) is 2.43. The predicted molar refractivity (Wildman–Crippen MR) is 82.7 cm³/mol. The van der Waals surface area contributed by atoms with E-state index in [0.717, 1.165) is 12.2 Å². The van der Waals surface area contributed by atoms with E-state index in [0.29, 0.717) is 0 Å². The van der Waals surface area contributed by atoms with E-state index in [1.165, 1.54) is 15.4 Å². The summed E-state index contributed by atoms with van der Waals surface area (Å²) < 4.78 is 0. The second kappa shape index (κ2) is 7.83. The number of allylic oxidation sites excluding steroid dienone is 3. The lowest BCUT2D eigenvalue weighted by molar-refractivity contribution is 0.875. The molecule has 0 aliphatic carbocycles. The van der Waals surface area contributed by atoms with Gasteiger partial charge in [0.1, 0.15) is 0 Å². The van der Waals surface area contributed by atoms with Gasteiger partial charge in [0.2, 0.25) is 0 Å². The minimum atomic E-state index is 0.908. The summed E-state index contributed by atoms with van der Waals surface area (Å²) in [4.78, 5) is 2.52. The van der Waals surface area contributed by atoms with Gasteiger partial charge < -0.3 is 5.32 Å². The van der Waals surface area contributed by atoms with Crippen LogP contribution in [0.3, 0.4) is 0 Å². The molecule has 0 saturated heterocycles. The van der Waals surface area contributed by atoms with Gasteiger partial charge in [0.05, 0.1) is 0 Å². The van der Waals surface area contributed by atoms with Crippen LogP contribution in [0.4, 0.5) is 0 Å². The number of thioether (sulfide) groups is 1. The summed E-state index contributed by atoms with van der Waals surface area (Å²) in [7, 11) is 0. The average Bonchev–Trinajstić information content (AvgIpc) is 2.38. The number of benzene rings is 1. The van der Waals surface area contributed by atoms with Crippen LogP contribution in [0.25, 0.3) is 0 Å². The third-order valence-corrected chi connectivity index (χ3v) is 3.85. The molecule has 1 N–H and O–H groups in total. The Hall–Kier alpha value is -1.41. The monoisotopic (exact) mass is 259 g/mol. The number of nitrogens with one attached hydrogen (secondary N) is 1. The zero-order chi connectivity index (χ0) is 13.4. The zero-order valence-electron chi connectivity index (χ0n) is 11.4. The molecule has 0 amide bonds. The molecule has 18 heavy (non-hydrogen) atoms. The van der Waals surface area contributed by atoms with E-state index in [-0.39, 0.29) is 0 Å². The predicted octanol–water partition coefficient (Wildman–Crippen LogP) is 4.67. The Labute approximate surface area is 115 Å². The van der Waals surface area contributed by atoms with Gasteiger partial charge in [-0.25, -0.2) is 0 Å². The normalized spacial score (nSPS) is 12.4. The largest absolute Gasteiger partial charge is 0.384 e. The summed E-state index contributed by atoms with van der Waals surface area (Å²) in [6.45, 7) is 11.0. The molecule has 0 atom stereocenters. The molecule has 0 unspecified atom stereocenters. The smallest absolute Gasteiger partial charge is 0.0478 e. The van der Waals surface area contributed by atoms with E-state index in [1.54, 1.807) is 11.8 Å². The molecule has 1 nitrogen and oxygen atoms in total. The highest BCUT2D eigenvalue weighted by atomic mass is 32.2. The second-order valence-corrected chi connectivity index (χ2v) is 4.95. The first-order valence-electron chi connectivity index (χ1n) is 6.19. The van der Waals surface area contributed by atoms with Crippen molar-refractivity contribution in [3.63, 3.8) is 0 Å². The van der Waals surface area contributed by atoms with Crippen molar-refractivity contribution in [1.29, 1.82) is 0 Å². The van der Waals surface area contributed by atoms with Gasteiger partial charge in [-0.05, 0) is 38.5 Å². The molecule has 0 spiro atoms. The fourth-order valence-electron chi connectivity index (χ4n) is 1.60. The lowest BCUT2D eigenvalue weighted by atomic mass is 10.2. The van der Waals surface area contributed by atoms with Gasteiger partial charge in [-0.2, -0.15) is 0 Å². The standard InChI is InChI=1S/C16H21NS/c1-5-10-14(17-7-3)15(6-2)18-16-12-9-8-11-13(16)4/h5-6,8-12,17H,1,7H2,2-4H3/b14-10+,15-6+. The number of aryl methyl sites for hydroxylation is 1. The van der Waals surface area contributed by atoms with E-state index in [9.17, 15) is 0 Å². The third-order valence-electron chi connectivity index (χ3n) is 2.49. The molecule has 2 heteroatoms. The lowest BCUT2D eigenvalue weighted by Crippen LogP contribution is -2.12. The van der Waals surface area contributed by atoms with Crippen molar-refractivity contribution in [3.05, 3.63) is 65.2 Å². The van der Waals surface area contributed by atoms with Crippen molar-refractivity contribution in [2.45, 2.75) is 25.7 Å². The number of likely N-dealkylation sites (N-methyl/N-ethyl adjacent to an activating group) is 1. The molecular formula is C16H21NS. The van der Waals surface area contributed by atoms with Gasteiger partial charge in [0.25, 0.3) is 0 Å². The van der Waals surface area contributed by atoms with Crippen LogP contribution in [0.15, 0.2) is 64.6 Å². The highest BCUT2D eigenvalue weighted by Gasteiger charge is 2.06. The van der Waals surface area contributed by atoms with Crippen molar-refractivity contribution < 1.29 is 0 Å². The first kappa shape index (κ1) is 14.7. The molecule has 0 saturated carbocycles. The summed E-state index contributed by atoms with van der Waals surface area (Å²) >= 11 is 1.79. The van der Waals surface area contributed by atoms with Gasteiger partial charge >= 0.3 is 0 Å². The first-order valence-corrected chi connectivity index (χ1v) is 7.01. The number of hydrogen-bond donors (Lipinski definition) is 1. The maximum Gasteiger partial charge on any atom is 0.0478 e. The Morgan fingerprint density at radius 2 is 2.11 bits per heavy atom. The summed E-state index contributed by atoms with van der Waals surface area (Å²) in [5, 5.41) is 3.37. The highest BCUT2D eigenvalue weighted by Crippen LogP contribution is 2.32. The van der Waals surface area contributed by atoms with Gasteiger partial charge in [-0.15, -0.1) is 0 Å².